The van der Waals surface area contributed by atoms with Gasteiger partial charge in [-0.1, -0.05) is 32.0 Å². The maximum Gasteiger partial charge on any atom is 0.230 e. The van der Waals surface area contributed by atoms with E-state index in [0.29, 0.717) is 16.4 Å². The Kier molecular flexibility index (Phi) is 4.28. The average Bonchev–Trinajstić information content (AvgIpc) is 2.87. The predicted octanol–water partition coefficient (Wildman–Crippen LogP) is 2.85. The number of methoxy groups -OCH3 is 1. The number of anilines is 1. The Bertz CT molecular complexity index is 537. The molecule has 0 aliphatic heterocycles. The van der Waals surface area contributed by atoms with Crippen molar-refractivity contribution in [2.75, 3.05) is 12.4 Å². The number of benzene rings is 1. The highest BCUT2D eigenvalue weighted by Crippen LogP contribution is 2.39. The summed E-state index contributed by atoms with van der Waals surface area (Å²) in [6, 6.07) is 5.32. The van der Waals surface area contributed by atoms with Crippen LogP contribution in [-0.4, -0.2) is 18.0 Å². The van der Waals surface area contributed by atoms with Gasteiger partial charge >= 0.3 is 0 Å². The van der Waals surface area contributed by atoms with Crippen LogP contribution in [0, 0.1) is 5.41 Å². The number of nitrogens with two attached hydrogens (primary N) is 1. The summed E-state index contributed by atoms with van der Waals surface area (Å²) in [5, 5.41) is 2.96. The molecule has 0 saturated heterocycles. The molecule has 0 heterocycles. The van der Waals surface area contributed by atoms with E-state index >= 15 is 0 Å². The summed E-state index contributed by atoms with van der Waals surface area (Å²) in [5.41, 5.74) is 6.71. The summed E-state index contributed by atoms with van der Waals surface area (Å²) in [5.74, 6) is 0.627. The van der Waals surface area contributed by atoms with Gasteiger partial charge in [-0.05, 0) is 31.0 Å². The molecule has 1 amide bonds. The van der Waals surface area contributed by atoms with Gasteiger partial charge in [0.05, 0.1) is 12.8 Å². The zero-order valence-corrected chi connectivity index (χ0v) is 12.7. The van der Waals surface area contributed by atoms with Gasteiger partial charge in [0.15, 0.2) is 0 Å². The normalized spacial score (nSPS) is 16.7. The van der Waals surface area contributed by atoms with Crippen LogP contribution in [0.15, 0.2) is 18.2 Å². The highest BCUT2D eigenvalue weighted by Gasteiger charge is 2.36. The highest BCUT2D eigenvalue weighted by molar-refractivity contribution is 7.80. The molecule has 5 heteroatoms. The first-order valence-corrected chi connectivity index (χ1v) is 7.16. The fourth-order valence-electron chi connectivity index (χ4n) is 2.60. The number of ether oxygens (including phenoxy) is 1. The summed E-state index contributed by atoms with van der Waals surface area (Å²) >= 11 is 4.94. The van der Waals surface area contributed by atoms with Gasteiger partial charge in [-0.15, -0.1) is 0 Å². The third-order valence-corrected chi connectivity index (χ3v) is 4.23. The SMILES string of the molecule is COc1cc(C(N)=S)ccc1NC(=O)C1(C)CCCC1. The first-order chi connectivity index (χ1) is 9.46. The van der Waals surface area contributed by atoms with Gasteiger partial charge < -0.3 is 15.8 Å². The smallest absolute Gasteiger partial charge is 0.230 e. The number of thiocarbonyl (C=S) groups is 1. The Hall–Kier alpha value is -1.62. The molecule has 0 radical (unpaired) electrons. The van der Waals surface area contributed by atoms with Crippen LogP contribution in [0.5, 0.6) is 5.75 Å². The van der Waals surface area contributed by atoms with Crippen LogP contribution >= 0.6 is 12.2 Å². The van der Waals surface area contributed by atoms with Crippen molar-refractivity contribution in [1.29, 1.82) is 0 Å². The summed E-state index contributed by atoms with van der Waals surface area (Å²) in [6.07, 6.45) is 4.10. The van der Waals surface area contributed by atoms with E-state index in [2.05, 4.69) is 5.32 Å². The Morgan fingerprint density at radius 1 is 1.40 bits per heavy atom. The van der Waals surface area contributed by atoms with Crippen LogP contribution in [0.3, 0.4) is 0 Å². The molecule has 1 aromatic carbocycles. The molecule has 1 aliphatic carbocycles. The lowest BCUT2D eigenvalue weighted by Crippen LogP contribution is -2.31. The molecule has 1 fully saturated rings. The van der Waals surface area contributed by atoms with Crippen LogP contribution in [-0.2, 0) is 4.79 Å². The molecule has 0 bridgehead atoms. The maximum absolute atomic E-state index is 12.4. The van der Waals surface area contributed by atoms with E-state index in [1.54, 1.807) is 25.3 Å². The third-order valence-electron chi connectivity index (χ3n) is 3.99. The van der Waals surface area contributed by atoms with Crippen molar-refractivity contribution < 1.29 is 9.53 Å². The molecule has 0 aromatic heterocycles. The minimum atomic E-state index is -0.271. The third kappa shape index (κ3) is 2.93. The summed E-state index contributed by atoms with van der Waals surface area (Å²) < 4.78 is 5.30. The molecule has 20 heavy (non-hydrogen) atoms. The second-order valence-corrected chi connectivity index (χ2v) is 5.94. The monoisotopic (exact) mass is 292 g/mol. The van der Waals surface area contributed by atoms with E-state index in [1.807, 2.05) is 6.92 Å². The zero-order valence-electron chi connectivity index (χ0n) is 11.9. The summed E-state index contributed by atoms with van der Waals surface area (Å²) in [7, 11) is 1.56. The maximum atomic E-state index is 12.4. The lowest BCUT2D eigenvalue weighted by Gasteiger charge is -2.23. The molecule has 3 N–H and O–H groups in total. The van der Waals surface area contributed by atoms with Crippen LogP contribution in [0.4, 0.5) is 5.69 Å². The molecule has 2 rings (SSSR count). The van der Waals surface area contributed by atoms with Crippen molar-refractivity contribution in [3.05, 3.63) is 23.8 Å². The van der Waals surface area contributed by atoms with Crippen LogP contribution in [0.1, 0.15) is 38.2 Å². The second-order valence-electron chi connectivity index (χ2n) is 5.50. The molecule has 0 spiro atoms. The van der Waals surface area contributed by atoms with Gasteiger partial charge in [0.1, 0.15) is 10.7 Å². The fourth-order valence-corrected chi connectivity index (χ4v) is 2.73. The minimum Gasteiger partial charge on any atom is -0.495 e. The first kappa shape index (κ1) is 14.8. The fraction of sp³-hybridized carbons (Fsp3) is 0.467. The lowest BCUT2D eigenvalue weighted by molar-refractivity contribution is -0.124. The quantitative estimate of drug-likeness (QED) is 0.838. The Labute approximate surface area is 124 Å². The number of rotatable bonds is 4. The van der Waals surface area contributed by atoms with E-state index in [-0.39, 0.29) is 11.3 Å². The van der Waals surface area contributed by atoms with Gasteiger partial charge in [-0.3, -0.25) is 4.79 Å². The lowest BCUT2D eigenvalue weighted by atomic mass is 9.88. The van der Waals surface area contributed by atoms with Gasteiger partial charge in [0, 0.05) is 11.0 Å². The molecule has 0 unspecified atom stereocenters. The van der Waals surface area contributed by atoms with Gasteiger partial charge in [0.2, 0.25) is 5.91 Å². The number of hydrogen-bond donors (Lipinski definition) is 2. The van der Waals surface area contributed by atoms with Crippen molar-refractivity contribution >= 4 is 28.8 Å². The van der Waals surface area contributed by atoms with Crippen LogP contribution < -0.4 is 15.8 Å². The summed E-state index contributed by atoms with van der Waals surface area (Å²) in [4.78, 5) is 12.7. The molecule has 4 nitrogen and oxygen atoms in total. The number of nitrogens with one attached hydrogen (secondary N) is 1. The van der Waals surface area contributed by atoms with Gasteiger partial charge in [-0.25, -0.2) is 0 Å². The molecule has 0 atom stereocenters. The topological polar surface area (TPSA) is 64.3 Å². The number of carbonyl (C=O) groups excluding carboxylic acids is 1. The van der Waals surface area contributed by atoms with Gasteiger partial charge in [-0.2, -0.15) is 0 Å². The highest BCUT2D eigenvalue weighted by atomic mass is 32.1. The molecular formula is C15H20N2O2S. The largest absolute Gasteiger partial charge is 0.495 e. The Morgan fingerprint density at radius 3 is 2.60 bits per heavy atom. The second kappa shape index (κ2) is 5.79. The Morgan fingerprint density at radius 2 is 2.05 bits per heavy atom. The van der Waals surface area contributed by atoms with E-state index < -0.39 is 0 Å². The first-order valence-electron chi connectivity index (χ1n) is 6.75. The standard InChI is InChI=1S/C15H20N2O2S/c1-15(7-3-4-8-15)14(18)17-11-6-5-10(13(16)20)9-12(11)19-2/h5-6,9H,3-4,7-8H2,1-2H3,(H2,16,20)(H,17,18). The van der Waals surface area contributed by atoms with Crippen molar-refractivity contribution in [3.8, 4) is 5.75 Å². The molecule has 1 aromatic rings. The molecule has 108 valence electrons. The van der Waals surface area contributed by atoms with E-state index in [0.717, 1.165) is 31.2 Å². The minimum absolute atomic E-state index is 0.0522. The van der Waals surface area contributed by atoms with E-state index in [4.69, 9.17) is 22.7 Å². The number of carbonyl (C=O) groups is 1. The van der Waals surface area contributed by atoms with Crippen LogP contribution in [0.2, 0.25) is 0 Å². The number of hydrogen-bond acceptors (Lipinski definition) is 3. The molecule has 1 aliphatic rings. The number of amides is 1. The molecule has 1 saturated carbocycles. The van der Waals surface area contributed by atoms with Gasteiger partial charge in [0.25, 0.3) is 0 Å². The average molecular weight is 292 g/mol. The van der Waals surface area contributed by atoms with Crippen LogP contribution in [0.25, 0.3) is 0 Å². The molecular weight excluding hydrogens is 272 g/mol. The van der Waals surface area contributed by atoms with Crippen molar-refractivity contribution in [3.63, 3.8) is 0 Å². The van der Waals surface area contributed by atoms with Crippen molar-refractivity contribution in [2.45, 2.75) is 32.6 Å². The predicted molar refractivity (Wildman–Crippen MR) is 84.1 cm³/mol. The van der Waals surface area contributed by atoms with E-state index in [9.17, 15) is 4.79 Å². The zero-order chi connectivity index (χ0) is 14.8. The van der Waals surface area contributed by atoms with Crippen molar-refractivity contribution in [2.24, 2.45) is 11.1 Å². The van der Waals surface area contributed by atoms with Crippen molar-refractivity contribution in [1.82, 2.24) is 0 Å². The Balaban J connectivity index is 2.20. The van der Waals surface area contributed by atoms with E-state index in [1.165, 1.54) is 0 Å². The summed E-state index contributed by atoms with van der Waals surface area (Å²) in [6.45, 7) is 2.02.